The Morgan fingerprint density at radius 1 is 1.03 bits per heavy atom. The topological polar surface area (TPSA) is 40.6 Å². The summed E-state index contributed by atoms with van der Waals surface area (Å²) in [5, 5.41) is 5.21. The zero-order chi connectivity index (χ0) is 22.8. The minimum absolute atomic E-state index is 0.544. The van der Waals surface area contributed by atoms with E-state index >= 15 is 0 Å². The van der Waals surface area contributed by atoms with Crippen molar-refractivity contribution in [2.75, 3.05) is 45.7 Å². The van der Waals surface area contributed by atoms with E-state index in [2.05, 4.69) is 48.3 Å². The number of likely N-dealkylation sites (tertiary alicyclic amines) is 1. The fourth-order valence-corrected chi connectivity index (χ4v) is 6.18. The molecule has 180 valence electrons. The van der Waals surface area contributed by atoms with Crippen molar-refractivity contribution < 1.29 is 4.74 Å². The fraction of sp³-hybridized carbons (Fsp3) is 0.679. The van der Waals surface area contributed by atoms with Gasteiger partial charge < -0.3 is 19.9 Å². The molecule has 0 amide bonds. The molecule has 5 rings (SSSR count). The first-order chi connectivity index (χ1) is 16.1. The zero-order valence-corrected chi connectivity index (χ0v) is 21.0. The molecule has 0 radical (unpaired) electrons. The Balaban J connectivity index is 1.30. The van der Waals surface area contributed by atoms with Gasteiger partial charge in [0.1, 0.15) is 11.6 Å². The Morgan fingerprint density at radius 3 is 2.55 bits per heavy atom. The highest BCUT2D eigenvalue weighted by atomic mass is 16.5. The molecule has 1 aromatic carbocycles. The number of aryl methyl sites for hydroxylation is 2. The van der Waals surface area contributed by atoms with Crippen LogP contribution in [0.2, 0.25) is 0 Å². The van der Waals surface area contributed by atoms with E-state index in [1.54, 1.807) is 0 Å². The Hall–Kier alpha value is -1.85. The van der Waals surface area contributed by atoms with Crippen molar-refractivity contribution in [2.24, 2.45) is 0 Å². The van der Waals surface area contributed by atoms with E-state index in [0.717, 1.165) is 49.1 Å². The van der Waals surface area contributed by atoms with Gasteiger partial charge in [-0.15, -0.1) is 0 Å². The quantitative estimate of drug-likeness (QED) is 0.561. The van der Waals surface area contributed by atoms with Gasteiger partial charge in [-0.3, -0.25) is 0 Å². The largest absolute Gasteiger partial charge is 0.493 e. The van der Waals surface area contributed by atoms with Crippen LogP contribution < -0.4 is 10.1 Å². The molecule has 1 saturated carbocycles. The molecule has 2 aromatic rings. The van der Waals surface area contributed by atoms with Crippen LogP contribution in [0.3, 0.4) is 0 Å². The average Bonchev–Trinajstić information content (AvgIpc) is 3.50. The van der Waals surface area contributed by atoms with Gasteiger partial charge >= 0.3 is 0 Å². The number of nitrogens with zero attached hydrogens (tertiary/aromatic N) is 3. The van der Waals surface area contributed by atoms with Gasteiger partial charge in [-0.1, -0.05) is 0 Å². The van der Waals surface area contributed by atoms with Crippen LogP contribution in [0.5, 0.6) is 5.75 Å². The third kappa shape index (κ3) is 5.14. The summed E-state index contributed by atoms with van der Waals surface area (Å²) in [6.45, 7) is 6.65. The maximum atomic E-state index is 6.26. The Labute approximate surface area is 199 Å². The standard InChI is InChI=1S/C28H42N4O/c1-20-18-25-23-8-6-9-24(23)28(29-21-10-12-22(13-11-21)31(2)3)30-26(25)19-27(20)33-17-7-16-32-14-4-5-15-32/h18-19,21-22H,4-17H2,1-3H3,(H,29,30). The van der Waals surface area contributed by atoms with Crippen molar-refractivity contribution in [3.8, 4) is 5.75 Å². The Bertz CT molecular complexity index is 958. The highest BCUT2D eigenvalue weighted by molar-refractivity contribution is 5.88. The lowest BCUT2D eigenvalue weighted by Crippen LogP contribution is -2.36. The maximum Gasteiger partial charge on any atom is 0.130 e. The summed E-state index contributed by atoms with van der Waals surface area (Å²) in [5.41, 5.74) is 5.33. The number of aromatic nitrogens is 1. The monoisotopic (exact) mass is 450 g/mol. The lowest BCUT2D eigenvalue weighted by molar-refractivity contribution is 0.221. The van der Waals surface area contributed by atoms with Crippen LogP contribution in [0.1, 0.15) is 68.1 Å². The third-order valence-electron chi connectivity index (χ3n) is 8.20. The van der Waals surface area contributed by atoms with E-state index in [1.165, 1.54) is 86.5 Å². The van der Waals surface area contributed by atoms with Gasteiger partial charge in [-0.25, -0.2) is 4.98 Å². The number of ether oxygens (including phenoxy) is 1. The number of benzene rings is 1. The van der Waals surface area contributed by atoms with E-state index in [4.69, 9.17) is 9.72 Å². The van der Waals surface area contributed by atoms with Crippen LogP contribution in [0.15, 0.2) is 12.1 Å². The SMILES string of the molecule is Cc1cc2c3c(c(NC4CCC(N(C)C)CC4)nc2cc1OCCCN1CCCC1)CCC3. The number of nitrogens with one attached hydrogen (secondary N) is 1. The molecular formula is C28H42N4O. The molecule has 2 fully saturated rings. The molecule has 0 spiro atoms. The lowest BCUT2D eigenvalue weighted by Gasteiger charge is -2.33. The van der Waals surface area contributed by atoms with Crippen LogP contribution in [0.25, 0.3) is 10.9 Å². The molecule has 0 unspecified atom stereocenters. The van der Waals surface area contributed by atoms with Gasteiger partial charge in [0.05, 0.1) is 12.1 Å². The smallest absolute Gasteiger partial charge is 0.130 e. The van der Waals surface area contributed by atoms with E-state index in [-0.39, 0.29) is 0 Å². The summed E-state index contributed by atoms with van der Waals surface area (Å²) in [6.07, 6.45) is 12.4. The van der Waals surface area contributed by atoms with Crippen molar-refractivity contribution in [1.29, 1.82) is 0 Å². The normalized spacial score (nSPS) is 23.4. The first kappa shape index (κ1) is 22.9. The zero-order valence-electron chi connectivity index (χ0n) is 21.0. The summed E-state index contributed by atoms with van der Waals surface area (Å²) in [6, 6.07) is 5.80. The average molecular weight is 451 g/mol. The first-order valence-corrected chi connectivity index (χ1v) is 13.3. The molecule has 33 heavy (non-hydrogen) atoms. The molecule has 1 N–H and O–H groups in total. The summed E-state index contributed by atoms with van der Waals surface area (Å²) >= 11 is 0. The number of hydrogen-bond acceptors (Lipinski definition) is 5. The lowest BCUT2D eigenvalue weighted by atomic mass is 9.90. The molecule has 0 atom stereocenters. The van der Waals surface area contributed by atoms with Crippen molar-refractivity contribution in [3.63, 3.8) is 0 Å². The third-order valence-corrected chi connectivity index (χ3v) is 8.20. The number of hydrogen-bond donors (Lipinski definition) is 1. The number of rotatable bonds is 8. The van der Waals surface area contributed by atoms with Crippen molar-refractivity contribution in [2.45, 2.75) is 83.2 Å². The van der Waals surface area contributed by atoms with Crippen LogP contribution >= 0.6 is 0 Å². The van der Waals surface area contributed by atoms with Gasteiger partial charge in [0.25, 0.3) is 0 Å². The molecule has 3 aliphatic rings. The first-order valence-electron chi connectivity index (χ1n) is 13.3. The summed E-state index contributed by atoms with van der Waals surface area (Å²) in [5.74, 6) is 2.15. The van der Waals surface area contributed by atoms with Crippen molar-refractivity contribution in [1.82, 2.24) is 14.8 Å². The van der Waals surface area contributed by atoms with E-state index in [1.807, 2.05) is 0 Å². The summed E-state index contributed by atoms with van der Waals surface area (Å²) in [7, 11) is 4.43. The van der Waals surface area contributed by atoms with Crippen LogP contribution in [-0.2, 0) is 12.8 Å². The highest BCUT2D eigenvalue weighted by Crippen LogP contribution is 2.37. The summed E-state index contributed by atoms with van der Waals surface area (Å²) < 4.78 is 6.26. The molecule has 5 nitrogen and oxygen atoms in total. The van der Waals surface area contributed by atoms with Crippen LogP contribution in [0, 0.1) is 6.92 Å². The number of anilines is 1. The van der Waals surface area contributed by atoms with Gasteiger partial charge in [-0.05, 0) is 121 Å². The van der Waals surface area contributed by atoms with Gasteiger partial charge in [-0.2, -0.15) is 0 Å². The Morgan fingerprint density at radius 2 is 1.79 bits per heavy atom. The fourth-order valence-electron chi connectivity index (χ4n) is 6.18. The Kier molecular flexibility index (Phi) is 7.07. The molecule has 2 aliphatic carbocycles. The highest BCUT2D eigenvalue weighted by Gasteiger charge is 2.26. The molecule has 0 bridgehead atoms. The summed E-state index contributed by atoms with van der Waals surface area (Å²) in [4.78, 5) is 10.1. The van der Waals surface area contributed by atoms with E-state index in [9.17, 15) is 0 Å². The molecule has 5 heteroatoms. The minimum Gasteiger partial charge on any atom is -0.493 e. The second-order valence-corrected chi connectivity index (χ2v) is 10.8. The maximum absolute atomic E-state index is 6.26. The molecular weight excluding hydrogens is 408 g/mol. The van der Waals surface area contributed by atoms with E-state index in [0.29, 0.717) is 6.04 Å². The second-order valence-electron chi connectivity index (χ2n) is 10.8. The molecule has 1 aromatic heterocycles. The molecule has 2 heterocycles. The molecule has 1 aliphatic heterocycles. The van der Waals surface area contributed by atoms with Gasteiger partial charge in [0, 0.05) is 30.1 Å². The second kappa shape index (κ2) is 10.2. The molecule has 1 saturated heterocycles. The van der Waals surface area contributed by atoms with Crippen LogP contribution in [0.4, 0.5) is 5.82 Å². The predicted molar refractivity (Wildman–Crippen MR) is 138 cm³/mol. The number of pyridine rings is 1. The van der Waals surface area contributed by atoms with Crippen LogP contribution in [-0.4, -0.2) is 67.2 Å². The predicted octanol–water partition coefficient (Wildman–Crippen LogP) is 5.18. The number of fused-ring (bicyclic) bond motifs is 3. The minimum atomic E-state index is 0.544. The van der Waals surface area contributed by atoms with Gasteiger partial charge in [0.2, 0.25) is 0 Å². The van der Waals surface area contributed by atoms with Crippen molar-refractivity contribution >= 4 is 16.7 Å². The van der Waals surface area contributed by atoms with E-state index < -0.39 is 0 Å². The van der Waals surface area contributed by atoms with Gasteiger partial charge in [0.15, 0.2) is 0 Å². The van der Waals surface area contributed by atoms with Crippen molar-refractivity contribution in [3.05, 3.63) is 28.8 Å².